The fourth-order valence-corrected chi connectivity index (χ4v) is 2.30. The molecule has 2 N–H and O–H groups in total. The van der Waals surface area contributed by atoms with Crippen molar-refractivity contribution in [2.75, 3.05) is 0 Å². The fourth-order valence-electron chi connectivity index (χ4n) is 1.49. The van der Waals surface area contributed by atoms with Crippen LogP contribution in [-0.2, 0) is 16.1 Å². The summed E-state index contributed by atoms with van der Waals surface area (Å²) in [6.45, 7) is 1.94. The number of aromatic nitrogens is 1. The van der Waals surface area contributed by atoms with E-state index in [1.807, 2.05) is 17.5 Å². The van der Waals surface area contributed by atoms with Crippen LogP contribution >= 0.6 is 22.9 Å². The van der Waals surface area contributed by atoms with Crippen LogP contribution < -0.4 is 5.32 Å². The number of thiophene rings is 1. The maximum Gasteiger partial charge on any atom is 0.355 e. The summed E-state index contributed by atoms with van der Waals surface area (Å²) >= 11 is 7.24. The van der Waals surface area contributed by atoms with Gasteiger partial charge in [0.2, 0.25) is 0 Å². The smallest absolute Gasteiger partial charge is 0.355 e. The van der Waals surface area contributed by atoms with Gasteiger partial charge < -0.3 is 15.0 Å². The molecule has 0 aliphatic carbocycles. The van der Waals surface area contributed by atoms with Crippen LogP contribution in [0.15, 0.2) is 29.8 Å². The van der Waals surface area contributed by atoms with Crippen molar-refractivity contribution < 1.29 is 14.3 Å². The molecule has 1 unspecified atom stereocenters. The molecule has 0 aliphatic heterocycles. The first-order valence-electron chi connectivity index (χ1n) is 5.91. The topological polar surface area (TPSA) is 71.2 Å². The summed E-state index contributed by atoms with van der Waals surface area (Å²) in [5, 5.41) is 5.04. The lowest BCUT2D eigenvalue weighted by Gasteiger charge is -2.12. The molecule has 1 atom stereocenters. The second kappa shape index (κ2) is 6.58. The van der Waals surface area contributed by atoms with Crippen molar-refractivity contribution in [3.63, 3.8) is 0 Å². The van der Waals surface area contributed by atoms with E-state index in [1.54, 1.807) is 11.3 Å². The number of aromatic amines is 1. The Morgan fingerprint density at radius 1 is 1.55 bits per heavy atom. The monoisotopic (exact) mass is 312 g/mol. The predicted octanol–water partition coefficient (Wildman–Crippen LogP) is 2.59. The Labute approximate surface area is 124 Å². The Balaban J connectivity index is 1.83. The molecule has 20 heavy (non-hydrogen) atoms. The SMILES string of the molecule is CC(OC(=O)c1cc(Cl)c[nH]1)C(=O)NCc1cccs1. The van der Waals surface area contributed by atoms with Gasteiger partial charge in [0.25, 0.3) is 5.91 Å². The normalized spacial score (nSPS) is 11.9. The molecule has 2 rings (SSSR count). The lowest BCUT2D eigenvalue weighted by molar-refractivity contribution is -0.129. The molecule has 0 spiro atoms. The number of ether oxygens (including phenoxy) is 1. The van der Waals surface area contributed by atoms with Crippen molar-refractivity contribution in [1.82, 2.24) is 10.3 Å². The average molecular weight is 313 g/mol. The number of hydrogen-bond acceptors (Lipinski definition) is 4. The van der Waals surface area contributed by atoms with Crippen molar-refractivity contribution in [2.45, 2.75) is 19.6 Å². The highest BCUT2D eigenvalue weighted by atomic mass is 35.5. The van der Waals surface area contributed by atoms with Crippen molar-refractivity contribution in [1.29, 1.82) is 0 Å². The van der Waals surface area contributed by atoms with Gasteiger partial charge in [0, 0.05) is 11.1 Å². The van der Waals surface area contributed by atoms with E-state index in [0.717, 1.165) is 4.88 Å². The zero-order valence-electron chi connectivity index (χ0n) is 10.7. The summed E-state index contributed by atoms with van der Waals surface area (Å²) < 4.78 is 5.04. The van der Waals surface area contributed by atoms with E-state index in [-0.39, 0.29) is 11.6 Å². The summed E-state index contributed by atoms with van der Waals surface area (Å²) in [5.41, 5.74) is 0.216. The van der Waals surface area contributed by atoms with Gasteiger partial charge in [-0.2, -0.15) is 0 Å². The van der Waals surface area contributed by atoms with Crippen LogP contribution in [0.1, 0.15) is 22.3 Å². The summed E-state index contributed by atoms with van der Waals surface area (Å²) in [6, 6.07) is 5.27. The van der Waals surface area contributed by atoms with Gasteiger partial charge in [-0.1, -0.05) is 17.7 Å². The standard InChI is InChI=1S/C13H13ClN2O3S/c1-8(12(17)16-7-10-3-2-4-20-10)19-13(18)11-5-9(14)6-15-11/h2-6,8,15H,7H2,1H3,(H,16,17). The molecule has 2 heterocycles. The second-order valence-corrected chi connectivity index (χ2v) is 5.54. The lowest BCUT2D eigenvalue weighted by Crippen LogP contribution is -2.35. The van der Waals surface area contributed by atoms with E-state index in [0.29, 0.717) is 11.6 Å². The quantitative estimate of drug-likeness (QED) is 0.834. The summed E-state index contributed by atoms with van der Waals surface area (Å²) in [5.74, 6) is -0.958. The fraction of sp³-hybridized carbons (Fsp3) is 0.231. The van der Waals surface area contributed by atoms with E-state index in [4.69, 9.17) is 16.3 Å². The van der Waals surface area contributed by atoms with E-state index < -0.39 is 12.1 Å². The summed E-state index contributed by atoms with van der Waals surface area (Å²) in [7, 11) is 0. The Morgan fingerprint density at radius 3 is 2.95 bits per heavy atom. The van der Waals surface area contributed by atoms with Crippen molar-refractivity contribution >= 4 is 34.8 Å². The molecule has 106 valence electrons. The number of nitrogens with one attached hydrogen (secondary N) is 2. The number of H-pyrrole nitrogens is 1. The summed E-state index contributed by atoms with van der Waals surface area (Å²) in [4.78, 5) is 27.2. The predicted molar refractivity (Wildman–Crippen MR) is 76.8 cm³/mol. The van der Waals surface area contributed by atoms with Gasteiger partial charge in [0.05, 0.1) is 11.6 Å². The molecule has 0 radical (unpaired) electrons. The highest BCUT2D eigenvalue weighted by Gasteiger charge is 2.19. The third-order valence-corrected chi connectivity index (χ3v) is 3.63. The minimum Gasteiger partial charge on any atom is -0.448 e. The van der Waals surface area contributed by atoms with Crippen LogP contribution in [0, 0.1) is 0 Å². The molecule has 0 aromatic carbocycles. The number of esters is 1. The van der Waals surface area contributed by atoms with E-state index in [1.165, 1.54) is 19.2 Å². The Kier molecular flexibility index (Phi) is 4.81. The number of carbonyl (C=O) groups is 2. The van der Waals surface area contributed by atoms with Crippen LogP contribution in [0.4, 0.5) is 0 Å². The van der Waals surface area contributed by atoms with Crippen molar-refractivity contribution in [3.8, 4) is 0 Å². The van der Waals surface area contributed by atoms with Gasteiger partial charge in [0.1, 0.15) is 5.69 Å². The van der Waals surface area contributed by atoms with Crippen LogP contribution in [-0.4, -0.2) is 23.0 Å². The summed E-state index contributed by atoms with van der Waals surface area (Å²) in [6.07, 6.45) is 0.601. The minimum atomic E-state index is -0.871. The highest BCUT2D eigenvalue weighted by molar-refractivity contribution is 7.09. The zero-order valence-corrected chi connectivity index (χ0v) is 12.3. The molecule has 0 saturated heterocycles. The first-order valence-corrected chi connectivity index (χ1v) is 7.17. The highest BCUT2D eigenvalue weighted by Crippen LogP contribution is 2.11. The average Bonchev–Trinajstić information content (AvgIpc) is 3.06. The number of amides is 1. The Morgan fingerprint density at radius 2 is 2.35 bits per heavy atom. The van der Waals surface area contributed by atoms with Crippen LogP contribution in [0.2, 0.25) is 5.02 Å². The number of hydrogen-bond donors (Lipinski definition) is 2. The van der Waals surface area contributed by atoms with E-state index >= 15 is 0 Å². The number of rotatable bonds is 5. The lowest BCUT2D eigenvalue weighted by atomic mass is 10.3. The number of halogens is 1. The molecule has 0 bridgehead atoms. The molecular formula is C13H13ClN2O3S. The molecule has 0 saturated carbocycles. The first kappa shape index (κ1) is 14.6. The Hall–Kier alpha value is -1.79. The molecular weight excluding hydrogens is 300 g/mol. The van der Waals surface area contributed by atoms with Gasteiger partial charge >= 0.3 is 5.97 Å². The van der Waals surface area contributed by atoms with E-state index in [9.17, 15) is 9.59 Å². The van der Waals surface area contributed by atoms with Gasteiger partial charge in [-0.15, -0.1) is 11.3 Å². The molecule has 2 aromatic heterocycles. The Bertz CT molecular complexity index is 595. The van der Waals surface area contributed by atoms with Gasteiger partial charge in [-0.05, 0) is 24.4 Å². The second-order valence-electron chi connectivity index (χ2n) is 4.08. The maximum absolute atomic E-state index is 11.8. The zero-order chi connectivity index (χ0) is 14.5. The van der Waals surface area contributed by atoms with Crippen LogP contribution in [0.25, 0.3) is 0 Å². The maximum atomic E-state index is 11.8. The van der Waals surface area contributed by atoms with Crippen molar-refractivity contribution in [2.24, 2.45) is 0 Å². The molecule has 1 amide bonds. The molecule has 5 nitrogen and oxygen atoms in total. The van der Waals surface area contributed by atoms with Gasteiger partial charge in [-0.25, -0.2) is 4.79 Å². The third kappa shape index (κ3) is 3.85. The first-order chi connectivity index (χ1) is 9.56. The third-order valence-electron chi connectivity index (χ3n) is 2.54. The molecule has 0 aliphatic rings. The van der Waals surface area contributed by atoms with Crippen molar-refractivity contribution in [3.05, 3.63) is 45.4 Å². The van der Waals surface area contributed by atoms with E-state index in [2.05, 4.69) is 10.3 Å². The largest absolute Gasteiger partial charge is 0.448 e. The van der Waals surface area contributed by atoms with Crippen LogP contribution in [0.5, 0.6) is 0 Å². The number of carbonyl (C=O) groups excluding carboxylic acids is 2. The van der Waals surface area contributed by atoms with Gasteiger partial charge in [-0.3, -0.25) is 4.79 Å². The molecule has 7 heteroatoms. The molecule has 0 fully saturated rings. The molecule has 2 aromatic rings. The minimum absolute atomic E-state index is 0.216. The van der Waals surface area contributed by atoms with Crippen LogP contribution in [0.3, 0.4) is 0 Å². The van der Waals surface area contributed by atoms with Gasteiger partial charge in [0.15, 0.2) is 6.10 Å².